The Morgan fingerprint density at radius 3 is 2.55 bits per heavy atom. The van der Waals surface area contributed by atoms with Crippen LogP contribution in [0, 0.1) is 21.7 Å². The van der Waals surface area contributed by atoms with Crippen LogP contribution in [-0.4, -0.2) is 28.8 Å². The monoisotopic (exact) mass is 286 g/mol. The number of hydrogen-bond donors (Lipinski definition) is 0. The lowest BCUT2D eigenvalue weighted by molar-refractivity contribution is -0.387. The van der Waals surface area contributed by atoms with Crippen molar-refractivity contribution in [1.82, 2.24) is 4.90 Å². The third-order valence-corrected chi connectivity index (χ3v) is 3.17. The molecule has 1 aromatic carbocycles. The molecule has 1 atom stereocenters. The van der Waals surface area contributed by atoms with Gasteiger partial charge < -0.3 is 4.90 Å². The third-order valence-electron chi connectivity index (χ3n) is 3.17. The van der Waals surface area contributed by atoms with Crippen LogP contribution in [0.2, 0.25) is 0 Å². The van der Waals surface area contributed by atoms with E-state index >= 15 is 0 Å². The summed E-state index contributed by atoms with van der Waals surface area (Å²) in [4.78, 5) is 22.9. The van der Waals surface area contributed by atoms with E-state index in [0.29, 0.717) is 12.5 Å². The molecule has 0 aromatic heterocycles. The van der Waals surface area contributed by atoms with Gasteiger partial charge >= 0.3 is 5.69 Å². The van der Waals surface area contributed by atoms with Gasteiger partial charge in [-0.1, -0.05) is 13.3 Å². The van der Waals surface area contributed by atoms with Crippen molar-refractivity contribution in [2.45, 2.75) is 32.7 Å². The van der Waals surface area contributed by atoms with Gasteiger partial charge in [0, 0.05) is 19.2 Å². The Morgan fingerprint density at radius 2 is 2.05 bits per heavy atom. The number of nitrogens with zero attached hydrogens (tertiary/aromatic N) is 2. The third kappa shape index (κ3) is 3.09. The van der Waals surface area contributed by atoms with Crippen LogP contribution in [0.4, 0.5) is 14.5 Å². The molecular weight excluding hydrogens is 270 g/mol. The zero-order chi connectivity index (χ0) is 15.4. The van der Waals surface area contributed by atoms with Crippen LogP contribution in [0.3, 0.4) is 0 Å². The summed E-state index contributed by atoms with van der Waals surface area (Å²) in [5.41, 5.74) is -1.80. The summed E-state index contributed by atoms with van der Waals surface area (Å²) in [7, 11) is 1.42. The van der Waals surface area contributed by atoms with Crippen molar-refractivity contribution in [3.8, 4) is 0 Å². The highest BCUT2D eigenvalue weighted by Crippen LogP contribution is 2.24. The first-order valence-electron chi connectivity index (χ1n) is 6.20. The molecule has 0 saturated carbocycles. The molecule has 0 aliphatic rings. The van der Waals surface area contributed by atoms with E-state index in [4.69, 9.17) is 0 Å². The molecule has 0 bridgehead atoms. The van der Waals surface area contributed by atoms with E-state index < -0.39 is 33.7 Å². The first kappa shape index (κ1) is 16.0. The normalized spacial score (nSPS) is 12.1. The van der Waals surface area contributed by atoms with Crippen molar-refractivity contribution in [3.05, 3.63) is 39.4 Å². The number of carbonyl (C=O) groups is 1. The van der Waals surface area contributed by atoms with E-state index in [9.17, 15) is 23.7 Å². The zero-order valence-electron chi connectivity index (χ0n) is 11.5. The van der Waals surface area contributed by atoms with Crippen LogP contribution in [0.15, 0.2) is 12.1 Å². The van der Waals surface area contributed by atoms with Crippen LogP contribution in [0.25, 0.3) is 0 Å². The smallest absolute Gasteiger partial charge is 0.305 e. The average Bonchev–Trinajstić information content (AvgIpc) is 2.37. The molecule has 5 nitrogen and oxygen atoms in total. The molecule has 0 N–H and O–H groups in total. The molecule has 1 amide bonds. The van der Waals surface area contributed by atoms with E-state index in [0.717, 1.165) is 12.5 Å². The summed E-state index contributed by atoms with van der Waals surface area (Å²) in [6, 6.07) is 1.22. The number of hydrogen-bond acceptors (Lipinski definition) is 3. The molecule has 7 heteroatoms. The Bertz CT molecular complexity index is 535. The number of halogens is 2. The van der Waals surface area contributed by atoms with Gasteiger partial charge in [-0.2, -0.15) is 4.39 Å². The Morgan fingerprint density at radius 1 is 1.45 bits per heavy atom. The lowest BCUT2D eigenvalue weighted by atomic mass is 10.1. The highest BCUT2D eigenvalue weighted by atomic mass is 19.1. The minimum absolute atomic E-state index is 0.217. The molecule has 0 fully saturated rings. The van der Waals surface area contributed by atoms with Crippen LogP contribution in [0.1, 0.15) is 37.0 Å². The second kappa shape index (κ2) is 6.40. The maximum absolute atomic E-state index is 13.9. The predicted molar refractivity (Wildman–Crippen MR) is 69.5 cm³/mol. The largest absolute Gasteiger partial charge is 0.339 e. The molecule has 1 rings (SSSR count). The van der Waals surface area contributed by atoms with Crippen LogP contribution in [0.5, 0.6) is 0 Å². The van der Waals surface area contributed by atoms with Gasteiger partial charge in [-0.3, -0.25) is 14.9 Å². The fraction of sp³-hybridized carbons (Fsp3) is 0.462. The van der Waals surface area contributed by atoms with E-state index in [1.807, 2.05) is 6.92 Å². The van der Waals surface area contributed by atoms with Crippen molar-refractivity contribution in [3.63, 3.8) is 0 Å². The van der Waals surface area contributed by atoms with Crippen LogP contribution in [-0.2, 0) is 0 Å². The van der Waals surface area contributed by atoms with Gasteiger partial charge in [0.1, 0.15) is 11.4 Å². The summed E-state index contributed by atoms with van der Waals surface area (Å²) in [6.07, 6.45) is 1.47. The van der Waals surface area contributed by atoms with E-state index in [-0.39, 0.29) is 6.04 Å². The van der Waals surface area contributed by atoms with Gasteiger partial charge in [-0.05, 0) is 19.4 Å². The van der Waals surface area contributed by atoms with Crippen LogP contribution < -0.4 is 0 Å². The summed E-state index contributed by atoms with van der Waals surface area (Å²) in [6.45, 7) is 3.66. The fourth-order valence-corrected chi connectivity index (χ4v) is 1.87. The highest BCUT2D eigenvalue weighted by Gasteiger charge is 2.29. The summed E-state index contributed by atoms with van der Waals surface area (Å²) in [5.74, 6) is -3.44. The molecular formula is C13H16F2N2O3. The molecule has 110 valence electrons. The number of benzene rings is 1. The van der Waals surface area contributed by atoms with Gasteiger partial charge in [-0.15, -0.1) is 0 Å². The number of nitro benzene ring substituents is 1. The Labute approximate surface area is 115 Å². The second-order valence-electron chi connectivity index (χ2n) is 4.57. The minimum atomic E-state index is -1.43. The zero-order valence-corrected chi connectivity index (χ0v) is 11.5. The van der Waals surface area contributed by atoms with Crippen molar-refractivity contribution in [2.75, 3.05) is 7.05 Å². The molecule has 0 aliphatic carbocycles. The number of nitro groups is 1. The maximum atomic E-state index is 13.9. The van der Waals surface area contributed by atoms with Crippen LogP contribution >= 0.6 is 0 Å². The SMILES string of the molecule is CCCC(C)N(C)C(=O)c1c(F)ccc([N+](=O)[O-])c1F. The molecule has 0 radical (unpaired) electrons. The minimum Gasteiger partial charge on any atom is -0.339 e. The molecule has 0 spiro atoms. The summed E-state index contributed by atoms with van der Waals surface area (Å²) < 4.78 is 27.6. The molecule has 1 unspecified atom stereocenters. The molecule has 20 heavy (non-hydrogen) atoms. The Hall–Kier alpha value is -2.05. The lowest BCUT2D eigenvalue weighted by Gasteiger charge is -2.24. The maximum Gasteiger partial charge on any atom is 0.305 e. The topological polar surface area (TPSA) is 63.5 Å². The Kier molecular flexibility index (Phi) is 5.12. The number of rotatable bonds is 5. The second-order valence-corrected chi connectivity index (χ2v) is 4.57. The lowest BCUT2D eigenvalue weighted by Crippen LogP contribution is -2.36. The van der Waals surface area contributed by atoms with Gasteiger partial charge in [0.25, 0.3) is 5.91 Å². The fourth-order valence-electron chi connectivity index (χ4n) is 1.87. The first-order valence-corrected chi connectivity index (χ1v) is 6.20. The van der Waals surface area contributed by atoms with Gasteiger partial charge in [-0.25, -0.2) is 4.39 Å². The average molecular weight is 286 g/mol. The molecule has 0 aliphatic heterocycles. The van der Waals surface area contributed by atoms with Gasteiger partial charge in [0.15, 0.2) is 0 Å². The van der Waals surface area contributed by atoms with Gasteiger partial charge in [0.2, 0.25) is 5.82 Å². The molecule has 0 heterocycles. The summed E-state index contributed by atoms with van der Waals surface area (Å²) in [5, 5.41) is 10.6. The van der Waals surface area contributed by atoms with Crippen molar-refractivity contribution in [2.24, 2.45) is 0 Å². The molecule has 0 saturated heterocycles. The Balaban J connectivity index is 3.22. The predicted octanol–water partition coefficient (Wildman–Crippen LogP) is 3.13. The van der Waals surface area contributed by atoms with Crippen molar-refractivity contribution in [1.29, 1.82) is 0 Å². The number of carbonyl (C=O) groups excluding carboxylic acids is 1. The van der Waals surface area contributed by atoms with Gasteiger partial charge in [0.05, 0.1) is 4.92 Å². The highest BCUT2D eigenvalue weighted by molar-refractivity contribution is 5.95. The van der Waals surface area contributed by atoms with E-state index in [1.165, 1.54) is 11.9 Å². The number of amides is 1. The summed E-state index contributed by atoms with van der Waals surface area (Å²) >= 11 is 0. The molecule has 1 aromatic rings. The first-order chi connectivity index (χ1) is 9.31. The van der Waals surface area contributed by atoms with Crippen molar-refractivity contribution >= 4 is 11.6 Å². The van der Waals surface area contributed by atoms with E-state index in [2.05, 4.69) is 0 Å². The van der Waals surface area contributed by atoms with E-state index in [1.54, 1.807) is 6.92 Å². The standard InChI is InChI=1S/C13H16F2N2O3/c1-4-5-8(2)16(3)13(18)11-9(14)6-7-10(12(11)15)17(19)20/h6-8H,4-5H2,1-3H3. The quantitative estimate of drug-likeness (QED) is 0.617. The van der Waals surface area contributed by atoms with Crippen molar-refractivity contribution < 1.29 is 18.5 Å².